The molecule has 0 spiro atoms. The molecular weight excluding hydrogens is 317 g/mol. The Morgan fingerprint density at radius 3 is 2.52 bits per heavy atom. The molecule has 1 aliphatic carbocycles. The Bertz CT molecular complexity index is 654. The maximum atomic E-state index is 12.1. The van der Waals surface area contributed by atoms with Gasteiger partial charge in [-0.2, -0.15) is 0 Å². The summed E-state index contributed by atoms with van der Waals surface area (Å²) in [5.41, 5.74) is 2.24. The maximum Gasteiger partial charge on any atom is 0.469 e. The highest BCUT2D eigenvalue weighted by Gasteiger charge is 2.18. The lowest BCUT2D eigenvalue weighted by molar-refractivity contribution is 0.200. The number of benzene rings is 1. The Balaban J connectivity index is 2.01. The molecule has 118 valence electrons. The number of phosphoric acid groups is 1. The second kappa shape index (κ2) is 6.56. The molecule has 0 bridgehead atoms. The number of nitrogens with one attached hydrogen (secondary N) is 1. The lowest BCUT2D eigenvalue weighted by atomic mass is 9.92. The second-order valence-corrected chi connectivity index (χ2v) is 7.87. The van der Waals surface area contributed by atoms with E-state index >= 15 is 0 Å². The minimum Gasteiger partial charge on any atom is -0.303 e. The first-order valence-corrected chi connectivity index (χ1v) is 9.61. The fourth-order valence-electron chi connectivity index (χ4n) is 2.30. The van der Waals surface area contributed by atoms with Crippen molar-refractivity contribution in [2.24, 2.45) is 0 Å². The van der Waals surface area contributed by atoms with Gasteiger partial charge >= 0.3 is 7.82 Å². The van der Waals surface area contributed by atoms with Gasteiger partial charge in [0.05, 0.1) is 11.5 Å². The van der Waals surface area contributed by atoms with E-state index < -0.39 is 24.5 Å². The van der Waals surface area contributed by atoms with Gasteiger partial charge in [-0.15, -0.1) is 0 Å². The molecule has 0 atom stereocenters. The Labute approximate surface area is 123 Å². The molecule has 21 heavy (non-hydrogen) atoms. The average Bonchev–Trinajstić information content (AvgIpc) is 2.42. The molecule has 0 aromatic heterocycles. The average molecular weight is 335 g/mol. The fraction of sp³-hybridized carbons (Fsp3) is 0.500. The van der Waals surface area contributed by atoms with Crippen LogP contribution in [0.25, 0.3) is 0 Å². The lowest BCUT2D eigenvalue weighted by Crippen LogP contribution is -2.27. The Morgan fingerprint density at radius 1 is 1.19 bits per heavy atom. The molecule has 7 nitrogen and oxygen atoms in total. The number of sulfonamides is 1. The van der Waals surface area contributed by atoms with E-state index in [1.165, 1.54) is 5.56 Å². The van der Waals surface area contributed by atoms with Crippen molar-refractivity contribution in [3.8, 4) is 0 Å². The smallest absolute Gasteiger partial charge is 0.303 e. The van der Waals surface area contributed by atoms with Crippen LogP contribution in [-0.4, -0.2) is 31.4 Å². The van der Waals surface area contributed by atoms with Gasteiger partial charge in [-0.3, -0.25) is 4.52 Å². The van der Waals surface area contributed by atoms with E-state index in [2.05, 4.69) is 9.25 Å². The van der Waals surface area contributed by atoms with Crippen LogP contribution in [0.5, 0.6) is 0 Å². The molecule has 9 heteroatoms. The second-order valence-electron chi connectivity index (χ2n) is 4.86. The molecule has 0 heterocycles. The van der Waals surface area contributed by atoms with Crippen molar-refractivity contribution in [1.29, 1.82) is 0 Å². The SMILES string of the molecule is O=P(O)(O)OCCNS(=O)(=O)c1ccc2c(c1)CCCC2. The summed E-state index contributed by atoms with van der Waals surface area (Å²) in [7, 11) is -8.26. The zero-order valence-electron chi connectivity index (χ0n) is 11.4. The highest BCUT2D eigenvalue weighted by atomic mass is 32.2. The Morgan fingerprint density at radius 2 is 1.86 bits per heavy atom. The topological polar surface area (TPSA) is 113 Å². The summed E-state index contributed by atoms with van der Waals surface area (Å²) in [6, 6.07) is 5.05. The predicted molar refractivity (Wildman–Crippen MR) is 76.3 cm³/mol. The number of fused-ring (bicyclic) bond motifs is 1. The van der Waals surface area contributed by atoms with Gasteiger partial charge in [-0.05, 0) is 48.9 Å². The molecule has 1 aromatic rings. The highest BCUT2D eigenvalue weighted by molar-refractivity contribution is 7.89. The number of hydrogen-bond donors (Lipinski definition) is 3. The van der Waals surface area contributed by atoms with E-state index in [0.717, 1.165) is 31.2 Å². The lowest BCUT2D eigenvalue weighted by Gasteiger charge is -2.16. The van der Waals surface area contributed by atoms with Gasteiger partial charge in [0.25, 0.3) is 0 Å². The molecule has 2 rings (SSSR count). The summed E-state index contributed by atoms with van der Waals surface area (Å²) in [6.45, 7) is -0.598. The van der Waals surface area contributed by atoms with Crippen LogP contribution in [0.1, 0.15) is 24.0 Å². The van der Waals surface area contributed by atoms with Crippen molar-refractivity contribution in [2.75, 3.05) is 13.2 Å². The van der Waals surface area contributed by atoms with Gasteiger partial charge in [-0.25, -0.2) is 17.7 Å². The van der Waals surface area contributed by atoms with Crippen LogP contribution in [-0.2, 0) is 32.0 Å². The molecule has 0 amide bonds. The molecule has 0 saturated heterocycles. The van der Waals surface area contributed by atoms with E-state index in [4.69, 9.17) is 9.79 Å². The van der Waals surface area contributed by atoms with E-state index in [-0.39, 0.29) is 11.4 Å². The van der Waals surface area contributed by atoms with Crippen LogP contribution < -0.4 is 4.72 Å². The summed E-state index contributed by atoms with van der Waals surface area (Å²) < 4.78 is 41.1. The van der Waals surface area contributed by atoms with Gasteiger partial charge in [0.2, 0.25) is 10.0 Å². The third-order valence-electron chi connectivity index (χ3n) is 3.28. The maximum absolute atomic E-state index is 12.1. The number of aryl methyl sites for hydroxylation is 2. The standard InChI is InChI=1S/C12H18NO6PS/c14-20(15,16)19-8-7-13-21(17,18)12-6-5-10-3-1-2-4-11(10)9-12/h5-6,9,13H,1-4,7-8H2,(H2,14,15,16). The van der Waals surface area contributed by atoms with Crippen LogP contribution in [0.15, 0.2) is 23.1 Å². The van der Waals surface area contributed by atoms with Crippen molar-refractivity contribution >= 4 is 17.8 Å². The summed E-state index contributed by atoms with van der Waals surface area (Å²) >= 11 is 0. The van der Waals surface area contributed by atoms with Crippen molar-refractivity contribution in [2.45, 2.75) is 30.6 Å². The molecule has 1 aromatic carbocycles. The van der Waals surface area contributed by atoms with Crippen LogP contribution in [0, 0.1) is 0 Å². The van der Waals surface area contributed by atoms with Crippen LogP contribution in [0.2, 0.25) is 0 Å². The molecular formula is C12H18NO6PS. The van der Waals surface area contributed by atoms with Crippen LogP contribution in [0.4, 0.5) is 0 Å². The van der Waals surface area contributed by atoms with Gasteiger partial charge < -0.3 is 9.79 Å². The molecule has 0 fully saturated rings. The first kappa shape index (κ1) is 16.6. The normalized spacial score (nSPS) is 15.7. The summed E-state index contributed by atoms with van der Waals surface area (Å²) in [5, 5.41) is 0. The minimum absolute atomic E-state index is 0.166. The first-order valence-electron chi connectivity index (χ1n) is 6.59. The molecule has 0 saturated carbocycles. The van der Waals surface area contributed by atoms with E-state index in [9.17, 15) is 13.0 Å². The monoisotopic (exact) mass is 335 g/mol. The van der Waals surface area contributed by atoms with E-state index in [0.29, 0.717) is 0 Å². The van der Waals surface area contributed by atoms with Gasteiger partial charge in [-0.1, -0.05) is 6.07 Å². The zero-order valence-corrected chi connectivity index (χ0v) is 13.1. The van der Waals surface area contributed by atoms with Crippen molar-refractivity contribution in [1.82, 2.24) is 4.72 Å². The van der Waals surface area contributed by atoms with E-state index in [1.807, 2.05) is 6.07 Å². The summed E-state index contributed by atoms with van der Waals surface area (Å²) in [4.78, 5) is 17.2. The highest BCUT2D eigenvalue weighted by Crippen LogP contribution is 2.35. The Kier molecular flexibility index (Phi) is 5.19. The van der Waals surface area contributed by atoms with Crippen LogP contribution >= 0.6 is 7.82 Å². The Hall–Kier alpha value is -0.760. The molecule has 0 radical (unpaired) electrons. The van der Waals surface area contributed by atoms with E-state index in [1.54, 1.807) is 12.1 Å². The zero-order chi connectivity index (χ0) is 15.5. The van der Waals surface area contributed by atoms with Crippen molar-refractivity contribution < 1.29 is 27.3 Å². The van der Waals surface area contributed by atoms with Crippen LogP contribution in [0.3, 0.4) is 0 Å². The molecule has 0 unspecified atom stereocenters. The molecule has 3 N–H and O–H groups in total. The van der Waals surface area contributed by atoms with Gasteiger partial charge in [0, 0.05) is 6.54 Å². The van der Waals surface area contributed by atoms with Gasteiger partial charge in [0.1, 0.15) is 0 Å². The quantitative estimate of drug-likeness (QED) is 0.527. The molecule has 1 aliphatic rings. The third kappa shape index (κ3) is 4.88. The fourth-order valence-corrected chi connectivity index (χ4v) is 3.69. The number of hydrogen-bond acceptors (Lipinski definition) is 4. The number of rotatable bonds is 6. The third-order valence-corrected chi connectivity index (χ3v) is 5.26. The first-order chi connectivity index (χ1) is 9.78. The summed E-state index contributed by atoms with van der Waals surface area (Å²) in [6.07, 6.45) is 4.02. The molecule has 0 aliphatic heterocycles. The summed E-state index contributed by atoms with van der Waals surface area (Å²) in [5.74, 6) is 0. The minimum atomic E-state index is -4.57. The van der Waals surface area contributed by atoms with Crippen molar-refractivity contribution in [3.63, 3.8) is 0 Å². The largest absolute Gasteiger partial charge is 0.469 e. The predicted octanol–water partition coefficient (Wildman–Crippen LogP) is 0.953. The van der Waals surface area contributed by atoms with Crippen molar-refractivity contribution in [3.05, 3.63) is 29.3 Å². The number of phosphoric ester groups is 1. The van der Waals surface area contributed by atoms with Gasteiger partial charge in [0.15, 0.2) is 0 Å².